The molecule has 59 heavy (non-hydrogen) atoms. The number of ether oxygens (including phenoxy) is 10. The molecule has 0 aromatic heterocycles. The van der Waals surface area contributed by atoms with Crippen molar-refractivity contribution in [3.8, 4) is 11.5 Å². The van der Waals surface area contributed by atoms with E-state index in [-0.39, 0.29) is 18.0 Å². The third kappa shape index (κ3) is 10.8. The molecule has 0 radical (unpaired) electrons. The first-order valence-electron chi connectivity index (χ1n) is 18.6. The summed E-state index contributed by atoms with van der Waals surface area (Å²) in [4.78, 5) is 61.1. The number of nitrogens with one attached hydrogen (secondary N) is 2. The van der Waals surface area contributed by atoms with Gasteiger partial charge in [0.2, 0.25) is 12.2 Å². The molecule has 11 atom stereocenters. The number of amides is 1. The first-order valence-corrected chi connectivity index (χ1v) is 18.6. The molecule has 0 bridgehead atoms. The molecule has 19 nitrogen and oxygen atoms in total. The molecule has 316 valence electrons. The molecule has 3 heterocycles. The van der Waals surface area contributed by atoms with Crippen molar-refractivity contribution in [3.63, 3.8) is 0 Å². The van der Waals surface area contributed by atoms with Gasteiger partial charge in [-0.05, 0) is 36.4 Å². The van der Waals surface area contributed by atoms with Gasteiger partial charge in [0, 0.05) is 51.1 Å². The number of anilines is 1. The highest BCUT2D eigenvalue weighted by molar-refractivity contribution is 5.73. The molecule has 0 saturated carbocycles. The summed E-state index contributed by atoms with van der Waals surface area (Å²) in [6, 6.07) is 18.8. The van der Waals surface area contributed by atoms with Crippen molar-refractivity contribution in [2.24, 2.45) is 0 Å². The number of nitro groups is 1. The lowest BCUT2D eigenvalue weighted by Crippen LogP contribution is -2.71. The number of methoxy groups -OCH3 is 1. The van der Waals surface area contributed by atoms with E-state index in [0.29, 0.717) is 17.0 Å². The lowest BCUT2D eigenvalue weighted by Gasteiger charge is -2.51. The summed E-state index contributed by atoms with van der Waals surface area (Å²) in [5, 5.41) is 17.5. The number of fused-ring (bicyclic) bond motifs is 1. The lowest BCUT2D eigenvalue weighted by atomic mass is 9.93. The number of carbonyl (C=O) groups excluding carboxylic acids is 4. The minimum atomic E-state index is -1.43. The Morgan fingerprint density at radius 3 is 2.03 bits per heavy atom. The zero-order chi connectivity index (χ0) is 42.2. The van der Waals surface area contributed by atoms with E-state index in [1.165, 1.54) is 59.1 Å². The van der Waals surface area contributed by atoms with Gasteiger partial charge < -0.3 is 58.0 Å². The Morgan fingerprint density at radius 1 is 0.763 bits per heavy atom. The van der Waals surface area contributed by atoms with Crippen molar-refractivity contribution < 1.29 is 71.5 Å². The van der Waals surface area contributed by atoms with E-state index < -0.39 is 103 Å². The van der Waals surface area contributed by atoms with Gasteiger partial charge in [-0.1, -0.05) is 30.3 Å². The minimum absolute atomic E-state index is 0.0506. The minimum Gasteiger partial charge on any atom is -0.497 e. The van der Waals surface area contributed by atoms with Gasteiger partial charge in [0.15, 0.2) is 24.8 Å². The Morgan fingerprint density at radius 2 is 1.42 bits per heavy atom. The van der Waals surface area contributed by atoms with Gasteiger partial charge >= 0.3 is 17.9 Å². The van der Waals surface area contributed by atoms with Crippen LogP contribution in [0.1, 0.15) is 39.5 Å². The number of hydrogen-bond acceptors (Lipinski definition) is 17. The fourth-order valence-electron chi connectivity index (χ4n) is 6.99. The highest BCUT2D eigenvalue weighted by atomic mass is 16.8. The Hall–Kier alpha value is -5.86. The fourth-order valence-corrected chi connectivity index (χ4v) is 6.99. The van der Waals surface area contributed by atoms with Gasteiger partial charge in [0.25, 0.3) is 5.69 Å². The van der Waals surface area contributed by atoms with Gasteiger partial charge in [-0.2, -0.15) is 0 Å². The highest BCUT2D eigenvalue weighted by Gasteiger charge is 2.57. The molecule has 0 aliphatic carbocycles. The molecule has 19 heteroatoms. The molecule has 3 fully saturated rings. The van der Waals surface area contributed by atoms with Crippen LogP contribution in [0.5, 0.6) is 11.5 Å². The largest absolute Gasteiger partial charge is 0.497 e. The van der Waals surface area contributed by atoms with Gasteiger partial charge in [-0.25, -0.2) is 0 Å². The van der Waals surface area contributed by atoms with E-state index in [4.69, 9.17) is 47.4 Å². The molecule has 3 aliphatic heterocycles. The summed E-state index contributed by atoms with van der Waals surface area (Å²) >= 11 is 0. The molecule has 3 aromatic carbocycles. The number of non-ortho nitro benzene ring substituents is 1. The van der Waals surface area contributed by atoms with Crippen LogP contribution in [0.3, 0.4) is 0 Å². The number of hydrogen-bond donors (Lipinski definition) is 2. The Kier molecular flexibility index (Phi) is 14.0. The summed E-state index contributed by atoms with van der Waals surface area (Å²) < 4.78 is 61.0. The standard InChI is InChI=1S/C40H45N3O16/c1-21(44)41-32-37(59-40-33(42-26-9-7-6-8-10-26)36(54-24(4)47)34(53-23(3)46)30(57-40)19-51-22(2)45)35-31(20-52-38(58-35)25-11-15-28(50-5)16-12-25)56-39(32)55-29-17-13-27(14-18-29)43(48)49/h6-18,30-40,42H,19-20H2,1-5H3,(H,41,44). The Bertz CT molecular complexity index is 1930. The van der Waals surface area contributed by atoms with E-state index >= 15 is 0 Å². The lowest BCUT2D eigenvalue weighted by molar-refractivity contribution is -0.384. The zero-order valence-electron chi connectivity index (χ0n) is 32.7. The second kappa shape index (κ2) is 19.3. The van der Waals surface area contributed by atoms with Gasteiger partial charge in [-0.15, -0.1) is 0 Å². The van der Waals surface area contributed by atoms with Crippen molar-refractivity contribution in [3.05, 3.63) is 94.5 Å². The molecule has 11 unspecified atom stereocenters. The van der Waals surface area contributed by atoms with Crippen molar-refractivity contribution in [2.45, 2.75) is 95.3 Å². The van der Waals surface area contributed by atoms with Crippen molar-refractivity contribution in [1.82, 2.24) is 5.32 Å². The molecule has 1 amide bonds. The number of para-hydroxylation sites is 1. The summed E-state index contributed by atoms with van der Waals surface area (Å²) in [5.74, 6) is -1.86. The van der Waals surface area contributed by atoms with E-state index in [2.05, 4.69) is 10.6 Å². The zero-order valence-corrected chi connectivity index (χ0v) is 32.7. The van der Waals surface area contributed by atoms with Crippen LogP contribution in [0.2, 0.25) is 0 Å². The molecular weight excluding hydrogens is 778 g/mol. The van der Waals surface area contributed by atoms with Crippen molar-refractivity contribution in [1.29, 1.82) is 0 Å². The molecule has 6 rings (SSSR count). The van der Waals surface area contributed by atoms with Gasteiger partial charge in [0.05, 0.1) is 18.6 Å². The van der Waals surface area contributed by atoms with Crippen molar-refractivity contribution in [2.75, 3.05) is 25.6 Å². The number of nitro benzene ring substituents is 1. The monoisotopic (exact) mass is 823 g/mol. The van der Waals surface area contributed by atoms with Crippen LogP contribution in [0.15, 0.2) is 78.9 Å². The van der Waals surface area contributed by atoms with Crippen molar-refractivity contribution >= 4 is 35.2 Å². The van der Waals surface area contributed by atoms with Crippen LogP contribution in [-0.4, -0.2) is 110 Å². The summed E-state index contributed by atoms with van der Waals surface area (Å²) in [5.41, 5.74) is 0.988. The summed E-state index contributed by atoms with van der Waals surface area (Å²) in [6.07, 6.45) is -10.7. The third-order valence-electron chi connectivity index (χ3n) is 9.50. The number of rotatable bonds is 14. The second-order valence-corrected chi connectivity index (χ2v) is 13.8. The molecule has 3 saturated heterocycles. The molecule has 3 aliphatic rings. The Labute approximate surface area is 338 Å². The molecule has 3 aromatic rings. The molecular formula is C40H45N3O16. The molecule has 2 N–H and O–H groups in total. The van der Waals surface area contributed by atoms with Crippen LogP contribution >= 0.6 is 0 Å². The van der Waals surface area contributed by atoms with Gasteiger partial charge in [0.1, 0.15) is 54.6 Å². The molecule has 0 spiro atoms. The van der Waals surface area contributed by atoms with E-state index in [1.54, 1.807) is 54.6 Å². The maximum Gasteiger partial charge on any atom is 0.303 e. The maximum atomic E-state index is 13.0. The van der Waals surface area contributed by atoms with Crippen LogP contribution in [0, 0.1) is 10.1 Å². The van der Waals surface area contributed by atoms with Crippen LogP contribution in [0.4, 0.5) is 11.4 Å². The van der Waals surface area contributed by atoms with E-state index in [1.807, 2.05) is 0 Å². The second-order valence-electron chi connectivity index (χ2n) is 13.8. The first-order chi connectivity index (χ1) is 28.3. The quantitative estimate of drug-likeness (QED) is 0.103. The van der Waals surface area contributed by atoms with Crippen LogP contribution in [0.25, 0.3) is 0 Å². The van der Waals surface area contributed by atoms with Gasteiger partial charge in [-0.3, -0.25) is 29.3 Å². The SMILES string of the molecule is COc1ccc(C2OCC3OC(Oc4ccc([N+](=O)[O-])cc4)C(NC(C)=O)C(OC4OC(COC(C)=O)C(OC(C)=O)C(OC(C)=O)C4Nc4ccccc4)C3O2)cc1. The maximum absolute atomic E-state index is 13.0. The average Bonchev–Trinajstić information content (AvgIpc) is 3.20. The van der Waals surface area contributed by atoms with E-state index in [9.17, 15) is 29.3 Å². The summed E-state index contributed by atoms with van der Waals surface area (Å²) in [6.45, 7) is 4.33. The highest BCUT2D eigenvalue weighted by Crippen LogP contribution is 2.39. The topological polar surface area (TPSA) is 228 Å². The first kappa shape index (κ1) is 42.7. The number of nitrogens with zero attached hydrogens (tertiary/aromatic N) is 1. The summed E-state index contributed by atoms with van der Waals surface area (Å²) in [7, 11) is 1.54. The smallest absolute Gasteiger partial charge is 0.303 e. The predicted molar refractivity (Wildman–Crippen MR) is 202 cm³/mol. The fraction of sp³-hybridized carbons (Fsp3) is 0.450. The number of carbonyl (C=O) groups is 4. The normalized spacial score (nSPS) is 28.8. The van der Waals surface area contributed by atoms with Crippen LogP contribution < -0.4 is 20.1 Å². The van der Waals surface area contributed by atoms with Crippen LogP contribution in [-0.2, 0) is 57.1 Å². The number of benzene rings is 3. The van der Waals surface area contributed by atoms with E-state index in [0.717, 1.165) is 0 Å². The predicted octanol–water partition coefficient (Wildman–Crippen LogP) is 3.34. The Balaban J connectivity index is 1.43. The number of esters is 3. The average molecular weight is 824 g/mol. The third-order valence-corrected chi connectivity index (χ3v) is 9.50.